The summed E-state index contributed by atoms with van der Waals surface area (Å²) in [5.74, 6) is -5.41. The highest BCUT2D eigenvalue weighted by Gasteiger charge is 2.67. The molecule has 0 aliphatic heterocycles. The minimum Gasteiger partial charge on any atom is -0.281 e. The van der Waals surface area contributed by atoms with Crippen molar-refractivity contribution in [3.05, 3.63) is 59.7 Å². The van der Waals surface area contributed by atoms with Gasteiger partial charge in [0.05, 0.1) is 0 Å². The summed E-state index contributed by atoms with van der Waals surface area (Å²) in [6.45, 7) is 0. The summed E-state index contributed by atoms with van der Waals surface area (Å²) in [5.41, 5.74) is 0. The van der Waals surface area contributed by atoms with E-state index in [1.165, 1.54) is 0 Å². The fourth-order valence-corrected chi connectivity index (χ4v) is 4.67. The SMILES string of the molecule is O=S(=O)(O)C(F)(F)C(F)(F)Sc1ccc(F)cc1F.O=S(=O)(O)C(F)(F)C(F)(F)Sc1ccc(F)cc1F. The van der Waals surface area contributed by atoms with E-state index in [0.717, 1.165) is 0 Å². The molecule has 0 fully saturated rings. The van der Waals surface area contributed by atoms with Crippen LogP contribution in [0.3, 0.4) is 0 Å². The van der Waals surface area contributed by atoms with Gasteiger partial charge in [0.1, 0.15) is 23.3 Å². The molecule has 22 heteroatoms. The van der Waals surface area contributed by atoms with E-state index in [0.29, 0.717) is 24.3 Å². The van der Waals surface area contributed by atoms with Gasteiger partial charge < -0.3 is 0 Å². The fourth-order valence-electron chi connectivity index (χ4n) is 1.81. The first-order valence-electron chi connectivity index (χ1n) is 8.50. The Bertz CT molecular complexity index is 1280. The molecule has 6 nitrogen and oxygen atoms in total. The second kappa shape index (κ2) is 11.3. The van der Waals surface area contributed by atoms with Gasteiger partial charge in [-0.05, 0) is 47.8 Å². The Morgan fingerprint density at radius 2 is 0.816 bits per heavy atom. The number of hydrogen-bond donors (Lipinski definition) is 2. The van der Waals surface area contributed by atoms with Crippen molar-refractivity contribution in [3.8, 4) is 0 Å². The van der Waals surface area contributed by atoms with E-state index in [4.69, 9.17) is 9.11 Å². The van der Waals surface area contributed by atoms with Gasteiger partial charge >= 0.3 is 41.3 Å². The average Bonchev–Trinajstić information content (AvgIpc) is 2.70. The first-order chi connectivity index (χ1) is 16.8. The Morgan fingerprint density at radius 3 is 1.03 bits per heavy atom. The second-order valence-electron chi connectivity index (χ2n) is 6.37. The molecule has 38 heavy (non-hydrogen) atoms. The van der Waals surface area contributed by atoms with Gasteiger partial charge in [-0.2, -0.15) is 52.0 Å². The summed E-state index contributed by atoms with van der Waals surface area (Å²) >= 11 is -2.30. The third-order valence-electron chi connectivity index (χ3n) is 3.59. The molecule has 0 bridgehead atoms. The Morgan fingerprint density at radius 1 is 0.553 bits per heavy atom. The van der Waals surface area contributed by atoms with Gasteiger partial charge in [0.15, 0.2) is 0 Å². The number of benzene rings is 2. The summed E-state index contributed by atoms with van der Waals surface area (Å²) in [4.78, 5) is -2.20. The Balaban J connectivity index is 0.000000380. The minimum absolute atomic E-state index is 0.157. The lowest BCUT2D eigenvalue weighted by molar-refractivity contribution is -0.0947. The summed E-state index contributed by atoms with van der Waals surface area (Å²) in [5, 5.41) is -22.4. The van der Waals surface area contributed by atoms with Crippen LogP contribution in [0, 0.1) is 23.3 Å². The van der Waals surface area contributed by atoms with Crippen LogP contribution in [0.4, 0.5) is 52.7 Å². The van der Waals surface area contributed by atoms with Crippen molar-refractivity contribution >= 4 is 43.8 Å². The van der Waals surface area contributed by atoms with Gasteiger partial charge in [-0.15, -0.1) is 0 Å². The number of hydrogen-bond acceptors (Lipinski definition) is 6. The maximum atomic E-state index is 13.1. The molecule has 0 heterocycles. The summed E-state index contributed by atoms with van der Waals surface area (Å²) < 4.78 is 211. The molecule has 0 amide bonds. The highest BCUT2D eigenvalue weighted by atomic mass is 32.2. The molecular weight excluding hydrogens is 644 g/mol. The quantitative estimate of drug-likeness (QED) is 0.196. The molecule has 2 aromatic carbocycles. The zero-order chi connectivity index (χ0) is 30.1. The highest BCUT2D eigenvalue weighted by Crippen LogP contribution is 2.50. The molecule has 2 aromatic rings. The summed E-state index contributed by atoms with van der Waals surface area (Å²) in [6, 6.07) is 2.22. The minimum atomic E-state index is -6.40. The molecule has 0 aromatic heterocycles. The van der Waals surface area contributed by atoms with Crippen LogP contribution >= 0.6 is 23.5 Å². The van der Waals surface area contributed by atoms with Crippen LogP contribution < -0.4 is 0 Å². The van der Waals surface area contributed by atoms with Crippen molar-refractivity contribution in [1.29, 1.82) is 0 Å². The van der Waals surface area contributed by atoms with Crippen LogP contribution in [-0.4, -0.2) is 47.0 Å². The van der Waals surface area contributed by atoms with Gasteiger partial charge in [-0.1, -0.05) is 0 Å². The van der Waals surface area contributed by atoms with Crippen molar-refractivity contribution in [2.75, 3.05) is 0 Å². The molecule has 0 atom stereocenters. The van der Waals surface area contributed by atoms with Gasteiger partial charge in [-0.3, -0.25) is 9.11 Å². The van der Waals surface area contributed by atoms with Crippen LogP contribution in [0.25, 0.3) is 0 Å². The lowest BCUT2D eigenvalue weighted by Gasteiger charge is -2.23. The number of rotatable bonds is 8. The molecule has 0 aliphatic rings. The smallest absolute Gasteiger partial charge is 0.281 e. The number of halogens is 12. The first kappa shape index (κ1) is 34.1. The van der Waals surface area contributed by atoms with Crippen molar-refractivity contribution in [2.45, 2.75) is 30.8 Å². The van der Waals surface area contributed by atoms with Crippen LogP contribution in [0.2, 0.25) is 0 Å². The molecule has 2 rings (SSSR count). The average molecular weight is 652 g/mol. The molecule has 0 saturated carbocycles. The normalized spacial score (nSPS) is 13.6. The lowest BCUT2D eigenvalue weighted by atomic mass is 10.3. The summed E-state index contributed by atoms with van der Waals surface area (Å²) in [7, 11) is -12.8. The van der Waals surface area contributed by atoms with Crippen molar-refractivity contribution < 1.29 is 78.6 Å². The standard InChI is InChI=1S/2C8H4F6O3S2/c2*9-4-1-2-6(5(10)3-4)18-7(11,12)8(13,14)19(15,16)17/h2*1-3H,(H,15,16,17). The van der Waals surface area contributed by atoms with Crippen molar-refractivity contribution in [3.63, 3.8) is 0 Å². The van der Waals surface area contributed by atoms with E-state index in [2.05, 4.69) is 0 Å². The Hall–Kier alpha value is -1.88. The van der Waals surface area contributed by atoms with Gasteiger partial charge in [0.2, 0.25) is 0 Å². The molecule has 216 valence electrons. The third-order valence-corrected chi connectivity index (χ3v) is 7.78. The van der Waals surface area contributed by atoms with Gasteiger partial charge in [0, 0.05) is 21.9 Å². The Kier molecular flexibility index (Phi) is 10.2. The monoisotopic (exact) mass is 652 g/mol. The predicted octanol–water partition coefficient (Wildman–Crippen LogP) is 6.26. The van der Waals surface area contributed by atoms with Crippen LogP contribution in [-0.2, 0) is 20.2 Å². The Labute approximate surface area is 212 Å². The van der Waals surface area contributed by atoms with E-state index in [1.807, 2.05) is 0 Å². The highest BCUT2D eigenvalue weighted by molar-refractivity contribution is 8.01. The number of alkyl halides is 8. The second-order valence-corrected chi connectivity index (χ2v) is 11.6. The largest absolute Gasteiger partial charge is 0.442 e. The predicted molar refractivity (Wildman–Crippen MR) is 107 cm³/mol. The van der Waals surface area contributed by atoms with E-state index in [9.17, 15) is 69.5 Å². The third kappa shape index (κ3) is 7.61. The van der Waals surface area contributed by atoms with Gasteiger partial charge in [-0.25, -0.2) is 17.6 Å². The molecule has 0 aliphatic carbocycles. The van der Waals surface area contributed by atoms with E-state index >= 15 is 0 Å². The van der Waals surface area contributed by atoms with Crippen LogP contribution in [0.15, 0.2) is 46.2 Å². The van der Waals surface area contributed by atoms with Crippen molar-refractivity contribution in [1.82, 2.24) is 0 Å². The molecule has 0 unspecified atom stereocenters. The van der Waals surface area contributed by atoms with Crippen molar-refractivity contribution in [2.24, 2.45) is 0 Å². The zero-order valence-corrected chi connectivity index (χ0v) is 20.4. The lowest BCUT2D eigenvalue weighted by Crippen LogP contribution is -2.44. The molecule has 2 N–H and O–H groups in total. The maximum Gasteiger partial charge on any atom is 0.442 e. The van der Waals surface area contributed by atoms with Crippen LogP contribution in [0.5, 0.6) is 0 Å². The molecule has 0 saturated heterocycles. The molecule has 0 radical (unpaired) electrons. The van der Waals surface area contributed by atoms with Gasteiger partial charge in [0.25, 0.3) is 0 Å². The van der Waals surface area contributed by atoms with E-state index in [1.54, 1.807) is 0 Å². The topological polar surface area (TPSA) is 109 Å². The molecular formula is C16H8F12O6S4. The first-order valence-corrected chi connectivity index (χ1v) is 13.0. The maximum absolute atomic E-state index is 13.1. The number of thioether (sulfide) groups is 2. The van der Waals surface area contributed by atoms with E-state index < -0.39 is 97.8 Å². The fraction of sp³-hybridized carbons (Fsp3) is 0.250. The van der Waals surface area contributed by atoms with E-state index in [-0.39, 0.29) is 12.1 Å². The zero-order valence-electron chi connectivity index (χ0n) is 17.2. The molecule has 0 spiro atoms. The van der Waals surface area contributed by atoms with Crippen LogP contribution in [0.1, 0.15) is 0 Å². The summed E-state index contributed by atoms with van der Waals surface area (Å²) in [6.07, 6.45) is 0.